The van der Waals surface area contributed by atoms with Gasteiger partial charge in [0, 0.05) is 21.0 Å². The van der Waals surface area contributed by atoms with Gasteiger partial charge in [-0.1, -0.05) is 0 Å². The minimum atomic E-state index is -1.02. The van der Waals surface area contributed by atoms with Crippen LogP contribution >= 0.6 is 0 Å². The van der Waals surface area contributed by atoms with Crippen molar-refractivity contribution in [3.05, 3.63) is 0 Å². The number of ether oxygens (including phenoxy) is 4. The average molecular weight is 260 g/mol. The van der Waals surface area contributed by atoms with Crippen molar-refractivity contribution in [1.82, 2.24) is 0 Å². The van der Waals surface area contributed by atoms with Crippen molar-refractivity contribution in [2.45, 2.75) is 50.5 Å². The van der Waals surface area contributed by atoms with Gasteiger partial charge in [0.15, 0.2) is 12.2 Å². The summed E-state index contributed by atoms with van der Waals surface area (Å²) in [6, 6.07) is 0. The summed E-state index contributed by atoms with van der Waals surface area (Å²) in [5.41, 5.74) is 0. The Labute approximate surface area is 104 Å². The molecule has 7 nitrogen and oxygen atoms in total. The summed E-state index contributed by atoms with van der Waals surface area (Å²) in [4.78, 5) is 22.0. The van der Waals surface area contributed by atoms with Crippen molar-refractivity contribution in [2.75, 3.05) is 7.11 Å². The minimum Gasteiger partial charge on any atom is -0.457 e. The predicted molar refractivity (Wildman–Crippen MR) is 56.6 cm³/mol. The van der Waals surface area contributed by atoms with Crippen molar-refractivity contribution in [1.29, 1.82) is 0 Å². The van der Waals surface area contributed by atoms with Crippen molar-refractivity contribution in [3.8, 4) is 0 Å². The van der Waals surface area contributed by atoms with Crippen molar-refractivity contribution in [2.24, 2.45) is 0 Å². The van der Waals surface area contributed by atoms with E-state index in [-0.39, 0.29) is 0 Å². The number of hydrogen-bond donors (Lipinski definition) is 1. The zero-order valence-corrected chi connectivity index (χ0v) is 10.4. The van der Waals surface area contributed by atoms with Crippen LogP contribution in [0.15, 0.2) is 0 Å². The first-order chi connectivity index (χ1) is 8.45. The third kappa shape index (κ3) is 2.09. The van der Waals surface area contributed by atoms with E-state index < -0.39 is 48.6 Å². The van der Waals surface area contributed by atoms with Crippen LogP contribution in [0.3, 0.4) is 0 Å². The molecule has 2 aliphatic rings. The number of hydrogen-bond acceptors (Lipinski definition) is 7. The molecule has 0 aromatic rings. The van der Waals surface area contributed by atoms with Crippen molar-refractivity contribution >= 4 is 11.9 Å². The molecule has 0 radical (unpaired) electrons. The molecule has 0 amide bonds. The van der Waals surface area contributed by atoms with Gasteiger partial charge in [0.1, 0.15) is 24.4 Å². The average Bonchev–Trinajstić information content (AvgIpc) is 2.75. The predicted octanol–water partition coefficient (Wildman–Crippen LogP) is -0.993. The number of carbonyl (C=O) groups excluding carboxylic acids is 2. The normalized spacial score (nSPS) is 41.8. The van der Waals surface area contributed by atoms with Gasteiger partial charge >= 0.3 is 11.9 Å². The molecule has 0 spiro atoms. The van der Waals surface area contributed by atoms with Crippen molar-refractivity contribution < 1.29 is 33.6 Å². The molecule has 2 aliphatic heterocycles. The zero-order chi connectivity index (χ0) is 13.4. The third-order valence-electron chi connectivity index (χ3n) is 3.16. The molecule has 1 N–H and O–H groups in total. The molecule has 0 aromatic carbocycles. The molecule has 4 unspecified atom stereocenters. The fourth-order valence-corrected chi connectivity index (χ4v) is 2.55. The highest BCUT2D eigenvalue weighted by Crippen LogP contribution is 2.40. The molecular weight excluding hydrogens is 244 g/mol. The van der Waals surface area contributed by atoms with Crippen LogP contribution in [0.1, 0.15) is 13.8 Å². The molecule has 2 heterocycles. The summed E-state index contributed by atoms with van der Waals surface area (Å²) in [5, 5.41) is 9.98. The first-order valence-electron chi connectivity index (χ1n) is 5.66. The van der Waals surface area contributed by atoms with Gasteiger partial charge in [0.25, 0.3) is 0 Å². The summed E-state index contributed by atoms with van der Waals surface area (Å²) in [7, 11) is 1.45. The van der Waals surface area contributed by atoms with E-state index in [1.54, 1.807) is 0 Å². The number of carbonyl (C=O) groups is 2. The Morgan fingerprint density at radius 3 is 2.06 bits per heavy atom. The van der Waals surface area contributed by atoms with E-state index in [4.69, 9.17) is 18.9 Å². The molecule has 2 fully saturated rings. The fourth-order valence-electron chi connectivity index (χ4n) is 2.55. The van der Waals surface area contributed by atoms with Gasteiger partial charge in [-0.15, -0.1) is 0 Å². The van der Waals surface area contributed by atoms with E-state index in [1.807, 2.05) is 0 Å². The van der Waals surface area contributed by atoms with E-state index in [1.165, 1.54) is 21.0 Å². The van der Waals surface area contributed by atoms with Gasteiger partial charge < -0.3 is 24.1 Å². The summed E-state index contributed by atoms with van der Waals surface area (Å²) < 4.78 is 20.8. The second-order valence-corrected chi connectivity index (χ2v) is 4.40. The Morgan fingerprint density at radius 1 is 1.00 bits per heavy atom. The largest absolute Gasteiger partial charge is 0.457 e. The molecule has 0 saturated carbocycles. The van der Waals surface area contributed by atoms with Crippen LogP contribution in [0, 0.1) is 0 Å². The van der Waals surface area contributed by atoms with Crippen LogP contribution in [0.25, 0.3) is 0 Å². The van der Waals surface area contributed by atoms with Gasteiger partial charge in [-0.25, -0.2) is 0 Å². The lowest BCUT2D eigenvalue weighted by molar-refractivity contribution is -0.173. The maximum Gasteiger partial charge on any atom is 0.303 e. The van der Waals surface area contributed by atoms with E-state index >= 15 is 0 Å². The number of esters is 2. The number of methoxy groups -OCH3 is 1. The Kier molecular flexibility index (Phi) is 3.56. The monoisotopic (exact) mass is 260 g/mol. The number of aliphatic hydroxyl groups is 1. The molecule has 2 rings (SSSR count). The summed E-state index contributed by atoms with van der Waals surface area (Å²) >= 11 is 0. The summed E-state index contributed by atoms with van der Waals surface area (Å²) in [6.07, 6.45) is -4.39. The SMILES string of the molecule is CO[C@H]1C(OC(C)=O)C2O[C@H]1C(OC(C)=O)C2O. The van der Waals surface area contributed by atoms with Crippen LogP contribution < -0.4 is 0 Å². The maximum atomic E-state index is 11.0. The Bertz CT molecular complexity index is 353. The third-order valence-corrected chi connectivity index (χ3v) is 3.16. The highest BCUT2D eigenvalue weighted by molar-refractivity contribution is 5.67. The van der Waals surface area contributed by atoms with Gasteiger partial charge in [0.2, 0.25) is 0 Å². The van der Waals surface area contributed by atoms with Crippen LogP contribution in [-0.4, -0.2) is 60.8 Å². The van der Waals surface area contributed by atoms with Gasteiger partial charge in [0.05, 0.1) is 0 Å². The number of rotatable bonds is 3. The Balaban J connectivity index is 2.14. The van der Waals surface area contributed by atoms with Crippen LogP contribution in [0.5, 0.6) is 0 Å². The highest BCUT2D eigenvalue weighted by Gasteiger charge is 2.63. The quantitative estimate of drug-likeness (QED) is 0.651. The molecule has 0 aliphatic carbocycles. The van der Waals surface area contributed by atoms with Gasteiger partial charge in [-0.2, -0.15) is 0 Å². The zero-order valence-electron chi connectivity index (χ0n) is 10.4. The lowest BCUT2D eigenvalue weighted by Gasteiger charge is -2.33. The summed E-state index contributed by atoms with van der Waals surface area (Å²) in [5.74, 6) is -0.983. The van der Waals surface area contributed by atoms with Crippen LogP contribution in [-0.2, 0) is 28.5 Å². The van der Waals surface area contributed by atoms with Crippen LogP contribution in [0.2, 0.25) is 0 Å². The van der Waals surface area contributed by atoms with Gasteiger partial charge in [-0.3, -0.25) is 9.59 Å². The number of fused-ring (bicyclic) bond motifs is 2. The van der Waals surface area contributed by atoms with Crippen LogP contribution in [0.4, 0.5) is 0 Å². The first-order valence-corrected chi connectivity index (χ1v) is 5.66. The molecule has 6 atom stereocenters. The maximum absolute atomic E-state index is 11.0. The topological polar surface area (TPSA) is 91.3 Å². The lowest BCUT2D eigenvalue weighted by Crippen LogP contribution is -2.55. The Morgan fingerprint density at radius 2 is 1.56 bits per heavy atom. The molecule has 0 aromatic heterocycles. The molecule has 2 bridgehead atoms. The molecule has 7 heteroatoms. The molecule has 2 saturated heterocycles. The van der Waals surface area contributed by atoms with Gasteiger partial charge in [-0.05, 0) is 0 Å². The lowest BCUT2D eigenvalue weighted by atomic mass is 9.89. The highest BCUT2D eigenvalue weighted by atomic mass is 16.7. The fraction of sp³-hybridized carbons (Fsp3) is 0.818. The van der Waals surface area contributed by atoms with E-state index in [0.717, 1.165) is 0 Å². The molecule has 102 valence electrons. The van der Waals surface area contributed by atoms with E-state index in [2.05, 4.69) is 0 Å². The first kappa shape index (κ1) is 13.3. The molecular formula is C11H16O7. The molecule has 18 heavy (non-hydrogen) atoms. The smallest absolute Gasteiger partial charge is 0.303 e. The van der Waals surface area contributed by atoms with E-state index in [0.29, 0.717) is 0 Å². The summed E-state index contributed by atoms with van der Waals surface area (Å²) in [6.45, 7) is 2.53. The van der Waals surface area contributed by atoms with Crippen molar-refractivity contribution in [3.63, 3.8) is 0 Å². The second-order valence-electron chi connectivity index (χ2n) is 4.40. The van der Waals surface area contributed by atoms with E-state index in [9.17, 15) is 14.7 Å². The second kappa shape index (κ2) is 4.83. The number of aliphatic hydroxyl groups excluding tert-OH is 1. The Hall–Kier alpha value is -1.18. The minimum absolute atomic E-state index is 0.477. The standard InChI is InChI=1S/C11H16O7/c1-4(12)16-7-6(14)8-10(17-5(2)13)9(15-3)11(7)18-8/h6-11,14H,1-3H3/t6?,7?,8?,9-,10?,11-/m0/s1.